The number of hydrogen-bond acceptors (Lipinski definition) is 7. The maximum absolute atomic E-state index is 12.5. The Morgan fingerprint density at radius 2 is 1.77 bits per heavy atom. The van der Waals surface area contributed by atoms with Gasteiger partial charge in [-0.15, -0.1) is 0 Å². The number of carboxylic acid groups (broad SMARTS) is 2. The van der Waals surface area contributed by atoms with Crippen LogP contribution in [0, 0.1) is 5.92 Å². The molecule has 0 radical (unpaired) electrons. The minimum Gasteiger partial charge on any atom is -0.481 e. The quantitative estimate of drug-likeness (QED) is 0.189. The van der Waals surface area contributed by atoms with E-state index in [-0.39, 0.29) is 12.3 Å². The van der Waals surface area contributed by atoms with Gasteiger partial charge in [0, 0.05) is 18.3 Å². The Balaban J connectivity index is 2.80. The van der Waals surface area contributed by atoms with E-state index in [0.717, 1.165) is 0 Å². The zero-order chi connectivity index (χ0) is 22.8. The fraction of sp³-hybridized carbons (Fsp3) is 0.529. The van der Waals surface area contributed by atoms with E-state index in [0.29, 0.717) is 5.69 Å². The van der Waals surface area contributed by atoms with Crippen molar-refractivity contribution in [3.63, 3.8) is 0 Å². The lowest BCUT2D eigenvalue weighted by atomic mass is 10.1. The van der Waals surface area contributed by atoms with Gasteiger partial charge in [-0.05, 0) is 5.92 Å². The number of rotatable bonds is 12. The van der Waals surface area contributed by atoms with Crippen molar-refractivity contribution in [1.29, 1.82) is 0 Å². The van der Waals surface area contributed by atoms with Gasteiger partial charge in [-0.25, -0.2) is 9.78 Å². The van der Waals surface area contributed by atoms with E-state index in [2.05, 4.69) is 25.9 Å². The molecule has 30 heavy (non-hydrogen) atoms. The fourth-order valence-corrected chi connectivity index (χ4v) is 2.31. The number of imidazole rings is 1. The molecule has 8 N–H and O–H groups in total. The van der Waals surface area contributed by atoms with E-state index >= 15 is 0 Å². The van der Waals surface area contributed by atoms with Gasteiger partial charge in [-0.2, -0.15) is 0 Å². The van der Waals surface area contributed by atoms with Crippen molar-refractivity contribution < 1.29 is 34.2 Å². The summed E-state index contributed by atoms with van der Waals surface area (Å²) >= 11 is 0. The third-order valence-corrected chi connectivity index (χ3v) is 4.07. The number of carbonyl (C=O) groups excluding carboxylic acids is 3. The van der Waals surface area contributed by atoms with Gasteiger partial charge in [-0.1, -0.05) is 13.8 Å². The average Bonchev–Trinajstić information content (AvgIpc) is 3.16. The topological polar surface area (TPSA) is 217 Å². The maximum atomic E-state index is 12.5. The van der Waals surface area contributed by atoms with E-state index in [9.17, 15) is 24.0 Å². The van der Waals surface area contributed by atoms with Crippen LogP contribution >= 0.6 is 0 Å². The fourth-order valence-electron chi connectivity index (χ4n) is 2.31. The Morgan fingerprint density at radius 3 is 2.27 bits per heavy atom. The smallest absolute Gasteiger partial charge is 0.326 e. The molecule has 3 atom stereocenters. The summed E-state index contributed by atoms with van der Waals surface area (Å²) in [6.07, 6.45) is 1.84. The molecule has 1 rings (SSSR count). The molecule has 0 bridgehead atoms. The van der Waals surface area contributed by atoms with Crippen LogP contribution in [0.4, 0.5) is 0 Å². The van der Waals surface area contributed by atoms with Crippen LogP contribution in [0.3, 0.4) is 0 Å². The van der Waals surface area contributed by atoms with E-state index in [1.807, 2.05) is 0 Å². The molecular formula is C17H26N6O7. The summed E-state index contributed by atoms with van der Waals surface area (Å²) in [7, 11) is 0. The molecule has 0 fully saturated rings. The molecule has 1 aromatic rings. The Labute approximate surface area is 171 Å². The van der Waals surface area contributed by atoms with Crippen LogP contribution in [0.2, 0.25) is 0 Å². The summed E-state index contributed by atoms with van der Waals surface area (Å²) in [6.45, 7) is 3.03. The predicted molar refractivity (Wildman–Crippen MR) is 102 cm³/mol. The van der Waals surface area contributed by atoms with Gasteiger partial charge in [0.25, 0.3) is 0 Å². The van der Waals surface area contributed by atoms with Crippen LogP contribution < -0.4 is 21.7 Å². The van der Waals surface area contributed by atoms with Crippen molar-refractivity contribution in [3.8, 4) is 0 Å². The third kappa shape index (κ3) is 8.26. The average molecular weight is 426 g/mol. The number of carbonyl (C=O) groups is 5. The van der Waals surface area contributed by atoms with E-state index in [4.69, 9.17) is 15.9 Å². The van der Waals surface area contributed by atoms with Gasteiger partial charge >= 0.3 is 11.9 Å². The number of aromatic nitrogens is 2. The number of amides is 3. The minimum atomic E-state index is -1.68. The Morgan fingerprint density at radius 1 is 1.10 bits per heavy atom. The van der Waals surface area contributed by atoms with Crippen molar-refractivity contribution in [2.24, 2.45) is 11.7 Å². The molecule has 1 heterocycles. The maximum Gasteiger partial charge on any atom is 0.326 e. The highest BCUT2D eigenvalue weighted by Gasteiger charge is 2.29. The van der Waals surface area contributed by atoms with Crippen LogP contribution in [-0.4, -0.2) is 74.5 Å². The molecule has 13 heteroatoms. The zero-order valence-corrected chi connectivity index (χ0v) is 16.5. The molecular weight excluding hydrogens is 400 g/mol. The normalized spacial score (nSPS) is 13.7. The second kappa shape index (κ2) is 11.5. The summed E-state index contributed by atoms with van der Waals surface area (Å²) in [4.78, 5) is 65.1. The zero-order valence-electron chi connectivity index (χ0n) is 16.5. The van der Waals surface area contributed by atoms with Crippen LogP contribution in [-0.2, 0) is 30.4 Å². The number of nitrogens with two attached hydrogens (primary N) is 1. The van der Waals surface area contributed by atoms with Gasteiger partial charge in [0.1, 0.15) is 12.1 Å². The predicted octanol–water partition coefficient (Wildman–Crippen LogP) is -2.42. The monoisotopic (exact) mass is 426 g/mol. The SMILES string of the molecule is CC(C)C(N)C(=O)NCC(=O)NC(Cc1cnc[nH]1)C(=O)NC(CC(=O)O)C(=O)O. The van der Waals surface area contributed by atoms with Crippen LogP contribution in [0.5, 0.6) is 0 Å². The number of H-pyrrole nitrogens is 1. The van der Waals surface area contributed by atoms with Gasteiger partial charge in [0.05, 0.1) is 25.3 Å². The second-order valence-electron chi connectivity index (χ2n) is 6.89. The summed E-state index contributed by atoms with van der Waals surface area (Å²) in [5, 5.41) is 24.7. The third-order valence-electron chi connectivity index (χ3n) is 4.07. The lowest BCUT2D eigenvalue weighted by Crippen LogP contribution is -2.55. The van der Waals surface area contributed by atoms with Crippen molar-refractivity contribution in [2.45, 2.75) is 44.8 Å². The molecule has 0 aliphatic carbocycles. The summed E-state index contributed by atoms with van der Waals surface area (Å²) in [5.74, 6) is -5.26. The number of hydrogen-bond donors (Lipinski definition) is 7. The number of nitrogens with one attached hydrogen (secondary N) is 4. The molecule has 0 aliphatic rings. The Bertz CT molecular complexity index is 765. The number of nitrogens with zero attached hydrogens (tertiary/aromatic N) is 1. The summed E-state index contributed by atoms with van der Waals surface area (Å²) in [6, 6.07) is -3.74. The first-order valence-corrected chi connectivity index (χ1v) is 9.06. The molecule has 0 spiro atoms. The van der Waals surface area contributed by atoms with Crippen molar-refractivity contribution >= 4 is 29.7 Å². The Kier molecular flexibility index (Phi) is 9.42. The van der Waals surface area contributed by atoms with Gasteiger partial charge in [0.15, 0.2) is 0 Å². The molecule has 0 saturated carbocycles. The van der Waals surface area contributed by atoms with Crippen molar-refractivity contribution in [3.05, 3.63) is 18.2 Å². The highest BCUT2D eigenvalue weighted by molar-refractivity contribution is 5.93. The molecule has 3 unspecified atom stereocenters. The highest BCUT2D eigenvalue weighted by Crippen LogP contribution is 2.02. The van der Waals surface area contributed by atoms with E-state index in [1.165, 1.54) is 12.5 Å². The molecule has 0 aliphatic heterocycles. The number of aliphatic carboxylic acids is 2. The first-order valence-electron chi connectivity index (χ1n) is 9.06. The standard InChI is InChI=1S/C17H26N6O7/c1-8(2)14(18)16(28)20-6-12(24)22-10(3-9-5-19-7-21-9)15(27)23-11(17(29)30)4-13(25)26/h5,7-8,10-11,14H,3-4,6,18H2,1-2H3,(H,19,21)(H,20,28)(H,22,24)(H,23,27)(H,25,26)(H,29,30). The lowest BCUT2D eigenvalue weighted by Gasteiger charge is -2.21. The first kappa shape index (κ1) is 24.6. The van der Waals surface area contributed by atoms with Crippen molar-refractivity contribution in [2.75, 3.05) is 6.54 Å². The molecule has 166 valence electrons. The largest absolute Gasteiger partial charge is 0.481 e. The molecule has 0 aromatic carbocycles. The minimum absolute atomic E-state index is 0.0730. The molecule has 1 aromatic heterocycles. The van der Waals surface area contributed by atoms with E-state index < -0.39 is 60.8 Å². The molecule has 3 amide bonds. The van der Waals surface area contributed by atoms with Gasteiger partial charge < -0.3 is 36.9 Å². The first-order chi connectivity index (χ1) is 14.0. The van der Waals surface area contributed by atoms with Gasteiger partial charge in [-0.3, -0.25) is 19.2 Å². The number of aromatic amines is 1. The van der Waals surface area contributed by atoms with Crippen LogP contribution in [0.15, 0.2) is 12.5 Å². The Hall–Kier alpha value is -3.48. The van der Waals surface area contributed by atoms with Crippen LogP contribution in [0.25, 0.3) is 0 Å². The number of carboxylic acids is 2. The molecule has 13 nitrogen and oxygen atoms in total. The highest BCUT2D eigenvalue weighted by atomic mass is 16.4. The van der Waals surface area contributed by atoms with Crippen LogP contribution in [0.1, 0.15) is 26.0 Å². The second-order valence-corrected chi connectivity index (χ2v) is 6.89. The van der Waals surface area contributed by atoms with Gasteiger partial charge in [0.2, 0.25) is 17.7 Å². The summed E-state index contributed by atoms with van der Waals surface area (Å²) in [5.41, 5.74) is 6.15. The lowest BCUT2D eigenvalue weighted by molar-refractivity contribution is -0.147. The van der Waals surface area contributed by atoms with E-state index in [1.54, 1.807) is 13.8 Å². The summed E-state index contributed by atoms with van der Waals surface area (Å²) < 4.78 is 0. The van der Waals surface area contributed by atoms with Crippen molar-refractivity contribution in [1.82, 2.24) is 25.9 Å². The molecule has 0 saturated heterocycles.